The Balaban J connectivity index is 2.07. The minimum atomic E-state index is -0.336. The highest BCUT2D eigenvalue weighted by molar-refractivity contribution is 5.92. The van der Waals surface area contributed by atoms with Crippen molar-refractivity contribution in [1.82, 2.24) is 4.90 Å². The molecule has 0 spiro atoms. The first-order valence-corrected chi connectivity index (χ1v) is 7.36. The summed E-state index contributed by atoms with van der Waals surface area (Å²) in [7, 11) is 0. The Morgan fingerprint density at radius 1 is 1.21 bits per heavy atom. The van der Waals surface area contributed by atoms with Crippen LogP contribution in [0.25, 0.3) is 0 Å². The molecule has 1 saturated carbocycles. The average molecular weight is 259 g/mol. The molecule has 0 aliphatic heterocycles. The van der Waals surface area contributed by atoms with E-state index in [2.05, 4.69) is 56.9 Å². The van der Waals surface area contributed by atoms with Crippen molar-refractivity contribution in [2.75, 3.05) is 13.1 Å². The maximum absolute atomic E-state index is 12.7. The lowest BCUT2D eigenvalue weighted by atomic mass is 9.91. The summed E-state index contributed by atoms with van der Waals surface area (Å²) >= 11 is 0. The second-order valence-electron chi connectivity index (χ2n) is 5.95. The molecule has 1 aromatic carbocycles. The smallest absolute Gasteiger partial charge is 0.156 e. The maximum Gasteiger partial charge on any atom is 0.156 e. The molecule has 0 saturated heterocycles. The van der Waals surface area contributed by atoms with Crippen LogP contribution in [0.3, 0.4) is 0 Å². The summed E-state index contributed by atoms with van der Waals surface area (Å²) in [5.41, 5.74) is 0.980. The summed E-state index contributed by atoms with van der Waals surface area (Å²) in [5.74, 6) is 1.08. The van der Waals surface area contributed by atoms with E-state index < -0.39 is 0 Å². The van der Waals surface area contributed by atoms with Gasteiger partial charge in [-0.3, -0.25) is 9.69 Å². The van der Waals surface area contributed by atoms with Crippen molar-refractivity contribution in [3.05, 3.63) is 35.9 Å². The van der Waals surface area contributed by atoms with E-state index in [4.69, 9.17) is 0 Å². The highest BCUT2D eigenvalue weighted by Crippen LogP contribution is 2.50. The zero-order chi connectivity index (χ0) is 14.0. The molecular formula is C17H25NO. The number of nitrogens with zero attached hydrogens (tertiary/aromatic N) is 1. The van der Waals surface area contributed by atoms with Crippen LogP contribution >= 0.6 is 0 Å². The van der Waals surface area contributed by atoms with Crippen LogP contribution in [0.2, 0.25) is 0 Å². The van der Waals surface area contributed by atoms with E-state index in [0.29, 0.717) is 11.7 Å². The molecule has 1 aliphatic rings. The number of benzene rings is 1. The van der Waals surface area contributed by atoms with Gasteiger partial charge in [0, 0.05) is 5.92 Å². The summed E-state index contributed by atoms with van der Waals surface area (Å²) in [4.78, 5) is 15.0. The summed E-state index contributed by atoms with van der Waals surface area (Å²) in [6.45, 7) is 10.3. The van der Waals surface area contributed by atoms with Crippen molar-refractivity contribution < 1.29 is 4.79 Å². The van der Waals surface area contributed by atoms with Crippen LogP contribution in [0.5, 0.6) is 0 Å². The third-order valence-electron chi connectivity index (χ3n) is 4.51. The standard InChI is InChI=1S/C17H25NO/c1-5-18(6-2)17(3,4)16(19)15-12-14(15)13-10-8-7-9-11-13/h7-11,14-15H,5-6,12H2,1-4H3. The molecule has 2 heteroatoms. The molecule has 0 radical (unpaired) electrons. The lowest BCUT2D eigenvalue weighted by Crippen LogP contribution is -2.50. The minimum absolute atomic E-state index is 0.220. The van der Waals surface area contributed by atoms with Gasteiger partial charge in [0.15, 0.2) is 5.78 Å². The SMILES string of the molecule is CCN(CC)C(C)(C)C(=O)C1CC1c1ccccc1. The Bertz CT molecular complexity index is 434. The van der Waals surface area contributed by atoms with Gasteiger partial charge in [-0.15, -0.1) is 0 Å². The molecule has 0 N–H and O–H groups in total. The van der Waals surface area contributed by atoms with Crippen molar-refractivity contribution in [3.63, 3.8) is 0 Å². The van der Waals surface area contributed by atoms with Crippen molar-refractivity contribution in [2.24, 2.45) is 5.92 Å². The monoisotopic (exact) mass is 259 g/mol. The van der Waals surface area contributed by atoms with Gasteiger partial charge in [0.25, 0.3) is 0 Å². The van der Waals surface area contributed by atoms with Crippen LogP contribution in [0, 0.1) is 5.92 Å². The molecule has 2 rings (SSSR count). The second kappa shape index (κ2) is 5.46. The number of Topliss-reactive ketones (excluding diaryl/α,β-unsaturated/α-hetero) is 1. The van der Waals surface area contributed by atoms with Crippen molar-refractivity contribution in [3.8, 4) is 0 Å². The molecule has 2 unspecified atom stereocenters. The fraction of sp³-hybridized carbons (Fsp3) is 0.588. The lowest BCUT2D eigenvalue weighted by molar-refractivity contribution is -0.130. The molecule has 19 heavy (non-hydrogen) atoms. The quantitative estimate of drug-likeness (QED) is 0.779. The van der Waals surface area contributed by atoms with E-state index in [1.165, 1.54) is 5.56 Å². The molecule has 0 amide bonds. The molecule has 2 nitrogen and oxygen atoms in total. The van der Waals surface area contributed by atoms with Crippen LogP contribution in [0.15, 0.2) is 30.3 Å². The first kappa shape index (κ1) is 14.3. The highest BCUT2D eigenvalue weighted by atomic mass is 16.1. The second-order valence-corrected chi connectivity index (χ2v) is 5.95. The van der Waals surface area contributed by atoms with E-state index in [9.17, 15) is 4.79 Å². The van der Waals surface area contributed by atoms with Gasteiger partial charge < -0.3 is 0 Å². The van der Waals surface area contributed by atoms with Gasteiger partial charge in [-0.2, -0.15) is 0 Å². The molecule has 1 aromatic rings. The third-order valence-corrected chi connectivity index (χ3v) is 4.51. The predicted molar refractivity (Wildman–Crippen MR) is 79.3 cm³/mol. The molecule has 2 atom stereocenters. The van der Waals surface area contributed by atoms with Crippen LogP contribution in [0.4, 0.5) is 0 Å². The highest BCUT2D eigenvalue weighted by Gasteiger charge is 2.49. The van der Waals surface area contributed by atoms with Gasteiger partial charge in [0.1, 0.15) is 0 Å². The van der Waals surface area contributed by atoms with E-state index in [1.807, 2.05) is 6.07 Å². The zero-order valence-electron chi connectivity index (χ0n) is 12.5. The molecule has 0 heterocycles. The number of hydrogen-bond acceptors (Lipinski definition) is 2. The van der Waals surface area contributed by atoms with E-state index >= 15 is 0 Å². The van der Waals surface area contributed by atoms with Gasteiger partial charge in [0.2, 0.25) is 0 Å². The van der Waals surface area contributed by atoms with E-state index in [1.54, 1.807) is 0 Å². The number of carbonyl (C=O) groups is 1. The van der Waals surface area contributed by atoms with Gasteiger partial charge in [-0.25, -0.2) is 0 Å². The van der Waals surface area contributed by atoms with Crippen LogP contribution in [0.1, 0.15) is 45.6 Å². The van der Waals surface area contributed by atoms with Gasteiger partial charge in [-0.05, 0) is 44.8 Å². The molecule has 0 bridgehead atoms. The number of likely N-dealkylation sites (N-methyl/N-ethyl adjacent to an activating group) is 1. The third kappa shape index (κ3) is 2.74. The number of rotatable bonds is 6. The van der Waals surface area contributed by atoms with Crippen molar-refractivity contribution in [2.45, 2.75) is 45.6 Å². The van der Waals surface area contributed by atoms with E-state index in [-0.39, 0.29) is 11.5 Å². The molecule has 1 aliphatic carbocycles. The Morgan fingerprint density at radius 2 is 1.79 bits per heavy atom. The Labute approximate surface area is 116 Å². The number of hydrogen-bond donors (Lipinski definition) is 0. The molecule has 0 aromatic heterocycles. The van der Waals surface area contributed by atoms with Crippen molar-refractivity contribution in [1.29, 1.82) is 0 Å². The predicted octanol–water partition coefficient (Wildman–Crippen LogP) is 3.48. The summed E-state index contributed by atoms with van der Waals surface area (Å²) in [6.07, 6.45) is 1.02. The summed E-state index contributed by atoms with van der Waals surface area (Å²) < 4.78 is 0. The largest absolute Gasteiger partial charge is 0.297 e. The maximum atomic E-state index is 12.7. The van der Waals surface area contributed by atoms with Gasteiger partial charge in [0.05, 0.1) is 5.54 Å². The minimum Gasteiger partial charge on any atom is -0.297 e. The molecule has 1 fully saturated rings. The fourth-order valence-corrected chi connectivity index (χ4v) is 3.18. The van der Waals surface area contributed by atoms with Gasteiger partial charge >= 0.3 is 0 Å². The van der Waals surface area contributed by atoms with Gasteiger partial charge in [-0.1, -0.05) is 44.2 Å². The van der Waals surface area contributed by atoms with E-state index in [0.717, 1.165) is 19.5 Å². The van der Waals surface area contributed by atoms with Crippen LogP contribution in [-0.4, -0.2) is 29.3 Å². The Morgan fingerprint density at radius 3 is 2.32 bits per heavy atom. The average Bonchev–Trinajstić information content (AvgIpc) is 3.20. The number of ketones is 1. The molecular weight excluding hydrogens is 234 g/mol. The first-order valence-electron chi connectivity index (χ1n) is 7.36. The van der Waals surface area contributed by atoms with Crippen LogP contribution in [-0.2, 0) is 4.79 Å². The normalized spacial score (nSPS) is 22.6. The molecule has 104 valence electrons. The van der Waals surface area contributed by atoms with Crippen molar-refractivity contribution >= 4 is 5.78 Å². The number of carbonyl (C=O) groups excluding carboxylic acids is 1. The Hall–Kier alpha value is -1.15. The zero-order valence-corrected chi connectivity index (χ0v) is 12.5. The lowest BCUT2D eigenvalue weighted by Gasteiger charge is -2.36. The first-order chi connectivity index (χ1) is 9.02. The topological polar surface area (TPSA) is 20.3 Å². The summed E-state index contributed by atoms with van der Waals surface area (Å²) in [5, 5.41) is 0. The van der Waals surface area contributed by atoms with Crippen LogP contribution < -0.4 is 0 Å². The Kier molecular flexibility index (Phi) is 4.10. The summed E-state index contributed by atoms with van der Waals surface area (Å²) in [6, 6.07) is 10.4. The fourth-order valence-electron chi connectivity index (χ4n) is 3.18.